The first-order valence-corrected chi connectivity index (χ1v) is 7.25. The van der Waals surface area contributed by atoms with Crippen LogP contribution < -0.4 is 16.8 Å². The van der Waals surface area contributed by atoms with Gasteiger partial charge in [-0.25, -0.2) is 0 Å². The highest BCUT2D eigenvalue weighted by Gasteiger charge is 2.42. The Morgan fingerprint density at radius 3 is 2.55 bits per heavy atom. The molecule has 2 fully saturated rings. The summed E-state index contributed by atoms with van der Waals surface area (Å²) in [5, 5.41) is 23.4. The van der Waals surface area contributed by atoms with Gasteiger partial charge in [0, 0.05) is 18.1 Å². The summed E-state index contributed by atoms with van der Waals surface area (Å²) < 4.78 is 11.3. The van der Waals surface area contributed by atoms with Gasteiger partial charge in [0.25, 0.3) is 0 Å². The van der Waals surface area contributed by atoms with Crippen LogP contribution in [0.3, 0.4) is 0 Å². The van der Waals surface area contributed by atoms with Crippen LogP contribution >= 0.6 is 0 Å². The van der Waals surface area contributed by atoms with Crippen LogP contribution in [0.4, 0.5) is 0 Å². The average molecular weight is 289 g/mol. The van der Waals surface area contributed by atoms with Gasteiger partial charge in [0.05, 0.1) is 12.7 Å². The van der Waals surface area contributed by atoms with Gasteiger partial charge in [-0.3, -0.25) is 0 Å². The quantitative estimate of drug-likeness (QED) is 0.412. The smallest absolute Gasteiger partial charge is 0.185 e. The summed E-state index contributed by atoms with van der Waals surface area (Å²) in [4.78, 5) is 0. The van der Waals surface area contributed by atoms with E-state index in [0.717, 1.165) is 0 Å². The van der Waals surface area contributed by atoms with Crippen molar-refractivity contribution >= 4 is 0 Å². The first-order valence-electron chi connectivity index (χ1n) is 7.25. The molecule has 1 aliphatic carbocycles. The van der Waals surface area contributed by atoms with E-state index in [-0.39, 0.29) is 24.0 Å². The largest absolute Gasteiger partial charge is 0.390 e. The van der Waals surface area contributed by atoms with E-state index in [1.54, 1.807) is 7.05 Å². The van der Waals surface area contributed by atoms with Crippen molar-refractivity contribution in [3.63, 3.8) is 0 Å². The van der Waals surface area contributed by atoms with Crippen LogP contribution in [0.1, 0.15) is 19.8 Å². The molecule has 0 spiro atoms. The molecule has 8 atom stereocenters. The lowest BCUT2D eigenvalue weighted by Crippen LogP contribution is -2.60. The molecule has 0 aromatic rings. The van der Waals surface area contributed by atoms with Crippen LogP contribution in [0, 0.1) is 5.92 Å². The summed E-state index contributed by atoms with van der Waals surface area (Å²) in [6.07, 6.45) is -1.80. The van der Waals surface area contributed by atoms with Crippen molar-refractivity contribution in [2.45, 2.75) is 62.5 Å². The normalized spacial score (nSPS) is 50.1. The molecule has 2 aliphatic rings. The molecule has 0 radical (unpaired) electrons. The Bertz CT molecular complexity index is 308. The Kier molecular flexibility index (Phi) is 5.36. The summed E-state index contributed by atoms with van der Waals surface area (Å²) in [5.74, 6) is 0.188. The van der Waals surface area contributed by atoms with Crippen LogP contribution in [0.15, 0.2) is 0 Å². The van der Waals surface area contributed by atoms with Crippen molar-refractivity contribution < 1.29 is 19.7 Å². The lowest BCUT2D eigenvalue weighted by atomic mass is 9.87. The molecule has 0 aromatic heterocycles. The SMILES string of the molecule is CNC1C(C)COC(OC2C(N)CC(N)CC2O)C1O. The van der Waals surface area contributed by atoms with Crippen molar-refractivity contribution in [3.8, 4) is 0 Å². The van der Waals surface area contributed by atoms with E-state index in [4.69, 9.17) is 20.9 Å². The van der Waals surface area contributed by atoms with E-state index in [9.17, 15) is 10.2 Å². The Balaban J connectivity index is 1.98. The second kappa shape index (κ2) is 6.65. The molecule has 1 saturated heterocycles. The lowest BCUT2D eigenvalue weighted by molar-refractivity contribution is -0.268. The number of nitrogens with two attached hydrogens (primary N) is 2. The van der Waals surface area contributed by atoms with Crippen LogP contribution in [0.5, 0.6) is 0 Å². The van der Waals surface area contributed by atoms with Gasteiger partial charge in [-0.2, -0.15) is 0 Å². The van der Waals surface area contributed by atoms with E-state index in [1.807, 2.05) is 6.92 Å². The third kappa shape index (κ3) is 3.30. The van der Waals surface area contributed by atoms with Crippen molar-refractivity contribution in [3.05, 3.63) is 0 Å². The molecule has 2 rings (SSSR count). The lowest BCUT2D eigenvalue weighted by Gasteiger charge is -2.43. The van der Waals surface area contributed by atoms with Gasteiger partial charge in [-0.15, -0.1) is 0 Å². The number of aliphatic hydroxyl groups is 2. The van der Waals surface area contributed by atoms with Crippen molar-refractivity contribution in [1.29, 1.82) is 0 Å². The molecular weight excluding hydrogens is 262 g/mol. The van der Waals surface area contributed by atoms with Crippen molar-refractivity contribution in [2.24, 2.45) is 17.4 Å². The van der Waals surface area contributed by atoms with Gasteiger partial charge in [0.2, 0.25) is 0 Å². The maximum atomic E-state index is 10.3. The molecule has 0 bridgehead atoms. The molecule has 1 heterocycles. The fraction of sp³-hybridized carbons (Fsp3) is 1.00. The molecule has 118 valence electrons. The third-order valence-corrected chi connectivity index (χ3v) is 4.33. The molecule has 7 N–H and O–H groups in total. The molecule has 0 aromatic carbocycles. The number of hydrogen-bond donors (Lipinski definition) is 5. The van der Waals surface area contributed by atoms with E-state index >= 15 is 0 Å². The Labute approximate surface area is 119 Å². The summed E-state index contributed by atoms with van der Waals surface area (Å²) in [5.41, 5.74) is 11.8. The highest BCUT2D eigenvalue weighted by molar-refractivity contribution is 4.93. The monoisotopic (exact) mass is 289 g/mol. The molecular formula is C13H27N3O4. The number of aliphatic hydroxyl groups excluding tert-OH is 2. The van der Waals surface area contributed by atoms with Gasteiger partial charge in [0.1, 0.15) is 12.2 Å². The summed E-state index contributed by atoms with van der Waals surface area (Å²) >= 11 is 0. The van der Waals surface area contributed by atoms with Gasteiger partial charge in [-0.05, 0) is 25.8 Å². The first kappa shape index (κ1) is 16.1. The van der Waals surface area contributed by atoms with Gasteiger partial charge in [-0.1, -0.05) is 6.92 Å². The van der Waals surface area contributed by atoms with Crippen LogP contribution in [-0.4, -0.2) is 66.6 Å². The number of likely N-dealkylation sites (N-methyl/N-ethyl adjacent to an activating group) is 1. The van der Waals surface area contributed by atoms with E-state index in [2.05, 4.69) is 5.32 Å². The minimum atomic E-state index is -0.793. The Hall–Kier alpha value is -0.280. The standard InChI is InChI=1S/C13H27N3O4/c1-6-5-19-13(11(18)10(6)16-2)20-12-8(15)3-7(14)4-9(12)17/h6-13,16-18H,3-5,14-15H2,1-2H3. The second-order valence-electron chi connectivity index (χ2n) is 6.05. The molecule has 7 nitrogen and oxygen atoms in total. The van der Waals surface area contributed by atoms with Crippen molar-refractivity contribution in [2.75, 3.05) is 13.7 Å². The number of hydrogen-bond acceptors (Lipinski definition) is 7. The Morgan fingerprint density at radius 1 is 1.25 bits per heavy atom. The molecule has 7 heteroatoms. The average Bonchev–Trinajstić information content (AvgIpc) is 2.36. The van der Waals surface area contributed by atoms with Gasteiger partial charge in [0.15, 0.2) is 6.29 Å². The number of ether oxygens (including phenoxy) is 2. The topological polar surface area (TPSA) is 123 Å². The molecule has 1 aliphatic heterocycles. The maximum Gasteiger partial charge on any atom is 0.185 e. The summed E-state index contributed by atoms with van der Waals surface area (Å²) in [6.45, 7) is 2.49. The zero-order valence-electron chi connectivity index (χ0n) is 12.1. The number of rotatable bonds is 3. The van der Waals surface area contributed by atoms with E-state index < -0.39 is 24.6 Å². The number of nitrogens with one attached hydrogen (secondary N) is 1. The minimum absolute atomic E-state index is 0.104. The second-order valence-corrected chi connectivity index (χ2v) is 6.05. The third-order valence-electron chi connectivity index (χ3n) is 4.33. The van der Waals surface area contributed by atoms with Crippen LogP contribution in [0.2, 0.25) is 0 Å². The van der Waals surface area contributed by atoms with Crippen LogP contribution in [-0.2, 0) is 9.47 Å². The maximum absolute atomic E-state index is 10.3. The predicted octanol–water partition coefficient (Wildman–Crippen LogP) is -1.88. The molecule has 1 saturated carbocycles. The van der Waals surface area contributed by atoms with Crippen molar-refractivity contribution in [1.82, 2.24) is 5.32 Å². The van der Waals surface area contributed by atoms with Crippen LogP contribution in [0.25, 0.3) is 0 Å². The molecule has 0 amide bonds. The van der Waals surface area contributed by atoms with Gasteiger partial charge < -0.3 is 36.5 Å². The van der Waals surface area contributed by atoms with E-state index in [0.29, 0.717) is 19.4 Å². The minimum Gasteiger partial charge on any atom is -0.390 e. The zero-order valence-corrected chi connectivity index (χ0v) is 12.1. The summed E-state index contributed by atoms with van der Waals surface area (Å²) in [7, 11) is 1.80. The zero-order chi connectivity index (χ0) is 14.9. The fourth-order valence-electron chi connectivity index (χ4n) is 3.19. The van der Waals surface area contributed by atoms with E-state index in [1.165, 1.54) is 0 Å². The highest BCUT2D eigenvalue weighted by atomic mass is 16.7. The summed E-state index contributed by atoms with van der Waals surface area (Å²) in [6, 6.07) is -0.563. The van der Waals surface area contributed by atoms with Gasteiger partial charge >= 0.3 is 0 Å². The predicted molar refractivity (Wildman–Crippen MR) is 73.8 cm³/mol. The fourth-order valence-corrected chi connectivity index (χ4v) is 3.19. The molecule has 8 unspecified atom stereocenters. The highest BCUT2D eigenvalue weighted by Crippen LogP contribution is 2.26. The molecule has 20 heavy (non-hydrogen) atoms. The Morgan fingerprint density at radius 2 is 1.95 bits per heavy atom. The first-order chi connectivity index (χ1) is 9.43.